The SMILES string of the molecule is Fc1cc(Cl)ccc1COc1nccc(-n2cc3c(c2)CN(C(c2ccccc2)(c2ccccc2)c2ccccc2)C3)n1. The van der Waals surface area contributed by atoms with Gasteiger partial charge in [-0.2, -0.15) is 4.98 Å². The molecule has 6 aromatic rings. The van der Waals surface area contributed by atoms with Crippen LogP contribution >= 0.6 is 11.6 Å². The molecule has 1 aliphatic rings. The van der Waals surface area contributed by atoms with Crippen molar-refractivity contribution in [3.63, 3.8) is 0 Å². The van der Waals surface area contributed by atoms with Gasteiger partial charge in [0.15, 0.2) is 0 Å². The molecule has 2 aromatic heterocycles. The fraction of sp³-hybridized carbons (Fsp3) is 0.111. The lowest BCUT2D eigenvalue weighted by Gasteiger charge is -2.44. The summed E-state index contributed by atoms with van der Waals surface area (Å²) < 4.78 is 22.0. The second kappa shape index (κ2) is 11.5. The number of hydrogen-bond donors (Lipinski definition) is 0. The van der Waals surface area contributed by atoms with Crippen LogP contribution in [0.4, 0.5) is 4.39 Å². The van der Waals surface area contributed by atoms with Gasteiger partial charge in [0.1, 0.15) is 18.2 Å². The van der Waals surface area contributed by atoms with Crippen molar-refractivity contribution in [2.75, 3.05) is 0 Å². The molecule has 0 saturated carbocycles. The van der Waals surface area contributed by atoms with Crippen LogP contribution in [-0.2, 0) is 25.2 Å². The number of hydrogen-bond acceptors (Lipinski definition) is 4. The highest BCUT2D eigenvalue weighted by Crippen LogP contribution is 2.46. The molecule has 1 aliphatic heterocycles. The molecule has 0 radical (unpaired) electrons. The van der Waals surface area contributed by atoms with Crippen LogP contribution in [0.1, 0.15) is 33.4 Å². The Morgan fingerprint density at radius 3 is 1.84 bits per heavy atom. The van der Waals surface area contributed by atoms with Crippen molar-refractivity contribution in [2.24, 2.45) is 0 Å². The molecule has 4 aromatic carbocycles. The molecule has 0 saturated heterocycles. The van der Waals surface area contributed by atoms with Crippen molar-refractivity contribution in [1.82, 2.24) is 19.4 Å². The van der Waals surface area contributed by atoms with Crippen molar-refractivity contribution in [3.8, 4) is 11.8 Å². The molecule has 0 bridgehead atoms. The molecular weight excluding hydrogens is 559 g/mol. The van der Waals surface area contributed by atoms with Crippen LogP contribution in [0.3, 0.4) is 0 Å². The van der Waals surface area contributed by atoms with Gasteiger partial charge in [-0.25, -0.2) is 9.37 Å². The lowest BCUT2D eigenvalue weighted by molar-refractivity contribution is 0.156. The Hall–Kier alpha value is -4.78. The molecular formula is C36H28ClFN4O. The van der Waals surface area contributed by atoms with E-state index in [4.69, 9.17) is 16.3 Å². The van der Waals surface area contributed by atoms with Crippen LogP contribution in [0, 0.1) is 5.82 Å². The molecule has 7 rings (SSSR count). The molecule has 0 fully saturated rings. The largest absolute Gasteiger partial charge is 0.458 e. The number of aromatic nitrogens is 3. The van der Waals surface area contributed by atoms with Crippen LogP contribution < -0.4 is 4.74 Å². The minimum atomic E-state index is -0.479. The van der Waals surface area contributed by atoms with Gasteiger partial charge >= 0.3 is 6.01 Å². The Balaban J connectivity index is 1.20. The van der Waals surface area contributed by atoms with Crippen LogP contribution in [0.5, 0.6) is 6.01 Å². The zero-order valence-electron chi connectivity index (χ0n) is 23.3. The lowest BCUT2D eigenvalue weighted by Crippen LogP contribution is -2.45. The van der Waals surface area contributed by atoms with Crippen molar-refractivity contribution in [2.45, 2.75) is 25.2 Å². The van der Waals surface area contributed by atoms with Crippen molar-refractivity contribution in [3.05, 3.63) is 178 Å². The van der Waals surface area contributed by atoms with Gasteiger partial charge in [-0.3, -0.25) is 4.90 Å². The van der Waals surface area contributed by atoms with Gasteiger partial charge < -0.3 is 9.30 Å². The van der Waals surface area contributed by atoms with Gasteiger partial charge in [-0.05, 0) is 39.9 Å². The van der Waals surface area contributed by atoms with E-state index < -0.39 is 11.4 Å². The highest BCUT2D eigenvalue weighted by Gasteiger charge is 2.44. The summed E-state index contributed by atoms with van der Waals surface area (Å²) in [6.07, 6.45) is 5.91. The van der Waals surface area contributed by atoms with E-state index in [1.165, 1.54) is 33.9 Å². The van der Waals surface area contributed by atoms with E-state index in [-0.39, 0.29) is 12.6 Å². The normalized spacial score (nSPS) is 13.2. The summed E-state index contributed by atoms with van der Waals surface area (Å²) in [4.78, 5) is 11.4. The van der Waals surface area contributed by atoms with Gasteiger partial charge in [0.25, 0.3) is 0 Å². The van der Waals surface area contributed by atoms with Crippen LogP contribution in [-0.4, -0.2) is 19.4 Å². The fourth-order valence-electron chi connectivity index (χ4n) is 6.07. The molecule has 7 heteroatoms. The number of halogens is 2. The summed E-state index contributed by atoms with van der Waals surface area (Å²) >= 11 is 5.87. The molecule has 0 unspecified atom stereocenters. The summed E-state index contributed by atoms with van der Waals surface area (Å²) in [5, 5.41) is 0.340. The van der Waals surface area contributed by atoms with Gasteiger partial charge in [-0.15, -0.1) is 0 Å². The maximum atomic E-state index is 14.2. The topological polar surface area (TPSA) is 43.2 Å². The zero-order valence-corrected chi connectivity index (χ0v) is 24.0. The third-order valence-electron chi connectivity index (χ3n) is 8.03. The Morgan fingerprint density at radius 1 is 0.744 bits per heavy atom. The highest BCUT2D eigenvalue weighted by atomic mass is 35.5. The first-order chi connectivity index (χ1) is 21.1. The summed E-state index contributed by atoms with van der Waals surface area (Å²) in [6.45, 7) is 1.51. The first-order valence-corrected chi connectivity index (χ1v) is 14.5. The lowest BCUT2D eigenvalue weighted by atomic mass is 9.75. The van der Waals surface area contributed by atoms with Crippen LogP contribution in [0.25, 0.3) is 5.82 Å². The number of ether oxygens (including phenoxy) is 1. The summed E-state index contributed by atoms with van der Waals surface area (Å²) in [5.41, 5.74) is 6.04. The Kier molecular flexibility index (Phi) is 7.23. The van der Waals surface area contributed by atoms with E-state index in [2.05, 4.69) is 118 Å². The summed E-state index contributed by atoms with van der Waals surface area (Å²) in [7, 11) is 0. The van der Waals surface area contributed by atoms with Gasteiger partial charge in [0.2, 0.25) is 0 Å². The third-order valence-corrected chi connectivity index (χ3v) is 8.26. The van der Waals surface area contributed by atoms with Crippen molar-refractivity contribution in [1.29, 1.82) is 0 Å². The Bertz CT molecular complexity index is 1740. The smallest absolute Gasteiger partial charge is 0.318 e. The molecule has 3 heterocycles. The van der Waals surface area contributed by atoms with Crippen molar-refractivity contribution < 1.29 is 9.13 Å². The van der Waals surface area contributed by atoms with E-state index >= 15 is 0 Å². The maximum Gasteiger partial charge on any atom is 0.318 e. The second-order valence-corrected chi connectivity index (χ2v) is 11.0. The fourth-order valence-corrected chi connectivity index (χ4v) is 6.23. The summed E-state index contributed by atoms with van der Waals surface area (Å²) in [5.74, 6) is 0.260. The second-order valence-electron chi connectivity index (χ2n) is 10.6. The van der Waals surface area contributed by atoms with Gasteiger partial charge in [0.05, 0.1) is 5.54 Å². The molecule has 0 spiro atoms. The molecule has 0 N–H and O–H groups in total. The summed E-state index contributed by atoms with van der Waals surface area (Å²) in [6, 6.07) is 38.7. The van der Waals surface area contributed by atoms with Crippen LogP contribution in [0.2, 0.25) is 5.02 Å². The molecule has 0 amide bonds. The molecule has 0 aliphatic carbocycles. The first kappa shape index (κ1) is 27.1. The Labute approximate surface area is 254 Å². The molecule has 43 heavy (non-hydrogen) atoms. The average Bonchev–Trinajstić information content (AvgIpc) is 3.63. The van der Waals surface area contributed by atoms with E-state index in [0.29, 0.717) is 16.4 Å². The standard InChI is InChI=1S/C36H28ClFN4O/c37-32-17-16-26(33(38)20-32)25-43-35-39-19-18-34(40-35)41-21-27-23-42(24-28(27)22-41)36(29-10-4-1-5-11-29,30-12-6-2-7-13-30)31-14-8-3-9-15-31/h1-22H,23-25H2. The highest BCUT2D eigenvalue weighted by molar-refractivity contribution is 6.30. The van der Waals surface area contributed by atoms with E-state index in [0.717, 1.165) is 13.1 Å². The number of nitrogens with zero attached hydrogens (tertiary/aromatic N) is 4. The monoisotopic (exact) mass is 586 g/mol. The number of benzene rings is 4. The predicted molar refractivity (Wildman–Crippen MR) is 166 cm³/mol. The van der Waals surface area contributed by atoms with E-state index in [9.17, 15) is 4.39 Å². The van der Waals surface area contributed by atoms with Crippen molar-refractivity contribution >= 4 is 11.6 Å². The first-order valence-electron chi connectivity index (χ1n) is 14.1. The van der Waals surface area contributed by atoms with E-state index in [1.54, 1.807) is 18.3 Å². The minimum absolute atomic E-state index is 0.00410. The predicted octanol–water partition coefficient (Wildman–Crippen LogP) is 7.95. The van der Waals surface area contributed by atoms with Gasteiger partial charge in [-0.1, -0.05) is 109 Å². The molecule has 0 atom stereocenters. The number of rotatable bonds is 8. The van der Waals surface area contributed by atoms with E-state index in [1.807, 2.05) is 10.6 Å². The minimum Gasteiger partial charge on any atom is -0.458 e. The maximum absolute atomic E-state index is 14.2. The average molecular weight is 587 g/mol. The number of fused-ring (bicyclic) bond motifs is 1. The molecule has 5 nitrogen and oxygen atoms in total. The Morgan fingerprint density at radius 2 is 1.30 bits per heavy atom. The molecule has 212 valence electrons. The zero-order chi connectivity index (χ0) is 29.2. The van der Waals surface area contributed by atoms with Gasteiger partial charge in [0, 0.05) is 48.3 Å². The van der Waals surface area contributed by atoms with Crippen LogP contribution in [0.15, 0.2) is 134 Å². The quantitative estimate of drug-likeness (QED) is 0.170. The third kappa shape index (κ3) is 5.09.